The third-order valence-electron chi connectivity index (χ3n) is 2.54. The first kappa shape index (κ1) is 14.6. The summed E-state index contributed by atoms with van der Waals surface area (Å²) in [4.78, 5) is 4.30. The maximum absolute atomic E-state index is 8.73. The van der Waals surface area contributed by atoms with Crippen LogP contribution in [0.1, 0.15) is 17.0 Å². The molecule has 0 bridgehead atoms. The van der Waals surface area contributed by atoms with Crippen LogP contribution < -0.4 is 10.5 Å². The van der Waals surface area contributed by atoms with Crippen LogP contribution in [0.5, 0.6) is 5.75 Å². The number of nitrogens with zero attached hydrogens (tertiary/aromatic N) is 3. The number of ether oxygens (including phenoxy) is 1. The highest BCUT2D eigenvalue weighted by Gasteiger charge is 2.09. The number of methoxy groups -OCH3 is 1. The molecule has 0 saturated carbocycles. The minimum absolute atomic E-state index is 0.0747. The van der Waals surface area contributed by atoms with Crippen LogP contribution in [0.25, 0.3) is 0 Å². The number of benzene rings is 1. The van der Waals surface area contributed by atoms with Crippen molar-refractivity contribution in [2.45, 2.75) is 17.0 Å². The lowest BCUT2D eigenvalue weighted by atomic mass is 10.1. The van der Waals surface area contributed by atoms with Crippen LogP contribution in [0.3, 0.4) is 0 Å². The van der Waals surface area contributed by atoms with Gasteiger partial charge < -0.3 is 15.7 Å². The van der Waals surface area contributed by atoms with E-state index < -0.39 is 0 Å². The second-order valence-corrected chi connectivity index (χ2v) is 5.88. The highest BCUT2D eigenvalue weighted by Crippen LogP contribution is 2.29. The zero-order valence-corrected chi connectivity index (χ0v) is 12.7. The molecule has 6 nitrogen and oxygen atoms in total. The summed E-state index contributed by atoms with van der Waals surface area (Å²) in [5, 5.41) is 11.7. The van der Waals surface area contributed by atoms with Gasteiger partial charge in [-0.1, -0.05) is 16.9 Å². The number of hydrogen-bond acceptors (Lipinski definition) is 7. The molecule has 0 fully saturated rings. The minimum Gasteiger partial charge on any atom is -0.496 e. The summed E-state index contributed by atoms with van der Waals surface area (Å²) < 4.78 is 10.4. The Morgan fingerprint density at radius 3 is 2.95 bits per heavy atom. The minimum atomic E-state index is 0.0747. The Labute approximate surface area is 124 Å². The van der Waals surface area contributed by atoms with Crippen molar-refractivity contribution >= 4 is 29.1 Å². The largest absolute Gasteiger partial charge is 0.496 e. The molecule has 0 aliphatic rings. The van der Waals surface area contributed by atoms with E-state index in [-0.39, 0.29) is 5.84 Å². The average molecular weight is 310 g/mol. The Kier molecular flexibility index (Phi) is 4.80. The van der Waals surface area contributed by atoms with E-state index in [0.29, 0.717) is 11.3 Å². The van der Waals surface area contributed by atoms with Crippen molar-refractivity contribution in [3.63, 3.8) is 0 Å². The van der Waals surface area contributed by atoms with Crippen molar-refractivity contribution in [3.05, 3.63) is 35.2 Å². The predicted octanol–water partition coefficient (Wildman–Crippen LogP) is 2.24. The summed E-state index contributed by atoms with van der Waals surface area (Å²) >= 11 is 2.94. The fraction of sp³-hybridized carbons (Fsp3) is 0.250. The quantitative estimate of drug-likeness (QED) is 0.289. The first-order valence-electron chi connectivity index (χ1n) is 5.72. The van der Waals surface area contributed by atoms with Gasteiger partial charge in [0.15, 0.2) is 10.2 Å². The molecule has 0 spiro atoms. The third-order valence-corrected chi connectivity index (χ3v) is 4.52. The van der Waals surface area contributed by atoms with E-state index in [1.54, 1.807) is 31.0 Å². The lowest BCUT2D eigenvalue weighted by Gasteiger charge is -2.09. The van der Waals surface area contributed by atoms with Gasteiger partial charge in [0.05, 0.1) is 7.11 Å². The molecule has 2 rings (SSSR count). The first-order valence-corrected chi connectivity index (χ1v) is 7.48. The van der Waals surface area contributed by atoms with E-state index in [1.807, 2.05) is 13.0 Å². The lowest BCUT2D eigenvalue weighted by molar-refractivity contribution is 0.318. The SMILES string of the molecule is COc1ccc(/C(N)=N/O)cc1CSc1nc(C)ns1. The Morgan fingerprint density at radius 2 is 2.35 bits per heavy atom. The summed E-state index contributed by atoms with van der Waals surface area (Å²) in [6.45, 7) is 1.86. The standard InChI is InChI=1S/C12H14N4O2S2/c1-7-14-12(20-16-7)19-6-9-5-8(11(13)15-17)3-4-10(9)18-2/h3-5,17H,6H2,1-2H3,(H2,13,15). The molecular formula is C12H14N4O2S2. The van der Waals surface area contributed by atoms with Gasteiger partial charge in [0.25, 0.3) is 0 Å². The fourth-order valence-electron chi connectivity index (χ4n) is 1.58. The molecule has 1 aromatic heterocycles. The molecule has 1 heterocycles. The summed E-state index contributed by atoms with van der Waals surface area (Å²) in [6.07, 6.45) is 0. The summed E-state index contributed by atoms with van der Waals surface area (Å²) in [6, 6.07) is 5.39. The number of hydrogen-bond donors (Lipinski definition) is 2. The monoisotopic (exact) mass is 310 g/mol. The Morgan fingerprint density at radius 1 is 1.55 bits per heavy atom. The molecule has 0 radical (unpaired) electrons. The van der Waals surface area contributed by atoms with E-state index in [0.717, 1.165) is 21.5 Å². The molecule has 2 aromatic rings. The van der Waals surface area contributed by atoms with Crippen LogP contribution in [0.4, 0.5) is 0 Å². The van der Waals surface area contributed by atoms with Crippen LogP contribution in [0.15, 0.2) is 27.7 Å². The molecule has 20 heavy (non-hydrogen) atoms. The topological polar surface area (TPSA) is 93.6 Å². The maximum Gasteiger partial charge on any atom is 0.170 e. The Bertz CT molecular complexity index is 628. The molecule has 1 aromatic carbocycles. The van der Waals surface area contributed by atoms with Crippen LogP contribution in [-0.4, -0.2) is 27.5 Å². The average Bonchev–Trinajstić information content (AvgIpc) is 2.89. The van der Waals surface area contributed by atoms with Crippen LogP contribution >= 0.6 is 23.3 Å². The van der Waals surface area contributed by atoms with Gasteiger partial charge in [-0.3, -0.25) is 0 Å². The molecule has 8 heteroatoms. The number of oxime groups is 1. The highest BCUT2D eigenvalue weighted by molar-refractivity contribution is 8.00. The number of thioether (sulfide) groups is 1. The normalized spacial score (nSPS) is 11.6. The van der Waals surface area contributed by atoms with Gasteiger partial charge >= 0.3 is 0 Å². The molecule has 0 atom stereocenters. The number of amidine groups is 1. The Balaban J connectivity index is 2.20. The van der Waals surface area contributed by atoms with E-state index in [4.69, 9.17) is 15.7 Å². The summed E-state index contributed by atoms with van der Waals surface area (Å²) in [5.41, 5.74) is 7.20. The van der Waals surface area contributed by atoms with Crippen molar-refractivity contribution in [3.8, 4) is 5.75 Å². The number of nitrogens with two attached hydrogens (primary N) is 1. The fourth-order valence-corrected chi connectivity index (χ4v) is 3.21. The van der Waals surface area contributed by atoms with Gasteiger partial charge in [-0.05, 0) is 36.7 Å². The van der Waals surface area contributed by atoms with Crippen LogP contribution in [0, 0.1) is 6.92 Å². The van der Waals surface area contributed by atoms with Gasteiger partial charge in [-0.2, -0.15) is 4.37 Å². The number of aromatic nitrogens is 2. The van der Waals surface area contributed by atoms with Crippen molar-refractivity contribution in [1.82, 2.24) is 9.36 Å². The zero-order valence-electron chi connectivity index (χ0n) is 11.0. The maximum atomic E-state index is 8.73. The highest BCUT2D eigenvalue weighted by atomic mass is 32.2. The van der Waals surface area contributed by atoms with Crippen molar-refractivity contribution in [2.75, 3.05) is 7.11 Å². The molecule has 0 unspecified atom stereocenters. The van der Waals surface area contributed by atoms with E-state index in [2.05, 4.69) is 14.5 Å². The second kappa shape index (κ2) is 6.58. The van der Waals surface area contributed by atoms with Gasteiger partial charge in [-0.25, -0.2) is 4.98 Å². The van der Waals surface area contributed by atoms with Gasteiger partial charge in [0.2, 0.25) is 0 Å². The second-order valence-electron chi connectivity index (χ2n) is 3.91. The van der Waals surface area contributed by atoms with Crippen LogP contribution in [0.2, 0.25) is 0 Å². The van der Waals surface area contributed by atoms with Crippen molar-refractivity contribution in [2.24, 2.45) is 10.9 Å². The predicted molar refractivity (Wildman–Crippen MR) is 79.7 cm³/mol. The number of aryl methyl sites for hydroxylation is 1. The third kappa shape index (κ3) is 3.40. The van der Waals surface area contributed by atoms with E-state index in [1.165, 1.54) is 11.5 Å². The molecule has 0 saturated heterocycles. The van der Waals surface area contributed by atoms with Gasteiger partial charge in [0.1, 0.15) is 11.6 Å². The van der Waals surface area contributed by atoms with Crippen molar-refractivity contribution < 1.29 is 9.94 Å². The van der Waals surface area contributed by atoms with E-state index in [9.17, 15) is 0 Å². The first-order chi connectivity index (χ1) is 9.63. The Hall–Kier alpha value is -1.80. The smallest absolute Gasteiger partial charge is 0.170 e. The zero-order chi connectivity index (χ0) is 14.5. The van der Waals surface area contributed by atoms with Gasteiger partial charge in [-0.15, -0.1) is 0 Å². The van der Waals surface area contributed by atoms with Crippen molar-refractivity contribution in [1.29, 1.82) is 0 Å². The molecule has 3 N–H and O–H groups in total. The molecule has 0 aliphatic carbocycles. The molecule has 106 valence electrons. The molecule has 0 amide bonds. The molecule has 0 aliphatic heterocycles. The summed E-state index contributed by atoms with van der Waals surface area (Å²) in [7, 11) is 1.61. The van der Waals surface area contributed by atoms with Crippen LogP contribution in [-0.2, 0) is 5.75 Å². The number of rotatable bonds is 5. The van der Waals surface area contributed by atoms with Gasteiger partial charge in [0, 0.05) is 16.9 Å². The van der Waals surface area contributed by atoms with E-state index >= 15 is 0 Å². The molecular weight excluding hydrogens is 296 g/mol. The lowest BCUT2D eigenvalue weighted by Crippen LogP contribution is -2.13. The summed E-state index contributed by atoms with van der Waals surface area (Å²) in [5.74, 6) is 2.28.